The highest BCUT2D eigenvalue weighted by Crippen LogP contribution is 2.31. The van der Waals surface area contributed by atoms with E-state index in [2.05, 4.69) is 37.1 Å². The Balaban J connectivity index is 2.29. The van der Waals surface area contributed by atoms with Crippen molar-refractivity contribution in [2.75, 3.05) is 24.5 Å². The molecule has 0 bridgehead atoms. The molecule has 0 amide bonds. The maximum atomic E-state index is 14.4. The van der Waals surface area contributed by atoms with E-state index in [0.29, 0.717) is 0 Å². The Kier molecular flexibility index (Phi) is 5.41. The third kappa shape index (κ3) is 3.51. The first-order valence-electron chi connectivity index (χ1n) is 7.90. The van der Waals surface area contributed by atoms with Gasteiger partial charge in [0, 0.05) is 19.1 Å². The average Bonchev–Trinajstić information content (AvgIpc) is 2.63. The number of hydrogen-bond donors (Lipinski definition) is 1. The smallest absolute Gasteiger partial charge is 0.146 e. The predicted octanol–water partition coefficient (Wildman–Crippen LogP) is 4.12. The monoisotopic (exact) mass is 278 g/mol. The van der Waals surface area contributed by atoms with Crippen molar-refractivity contribution >= 4 is 5.69 Å². The van der Waals surface area contributed by atoms with E-state index in [-0.39, 0.29) is 11.9 Å². The molecule has 0 aromatic heterocycles. The molecule has 1 N–H and O–H groups in total. The van der Waals surface area contributed by atoms with Crippen LogP contribution in [0.2, 0.25) is 0 Å². The van der Waals surface area contributed by atoms with Gasteiger partial charge in [0.2, 0.25) is 0 Å². The van der Waals surface area contributed by atoms with Crippen molar-refractivity contribution in [3.63, 3.8) is 0 Å². The van der Waals surface area contributed by atoms with Crippen LogP contribution in [0.25, 0.3) is 0 Å². The average molecular weight is 278 g/mol. The molecule has 1 aliphatic heterocycles. The summed E-state index contributed by atoms with van der Waals surface area (Å²) in [7, 11) is 0. The number of halogens is 1. The fraction of sp³-hybridized carbons (Fsp3) is 0.647. The van der Waals surface area contributed by atoms with Crippen molar-refractivity contribution in [2.45, 2.75) is 46.1 Å². The van der Waals surface area contributed by atoms with E-state index in [1.165, 1.54) is 6.42 Å². The lowest BCUT2D eigenvalue weighted by molar-refractivity contribution is 0.520. The first-order chi connectivity index (χ1) is 9.63. The summed E-state index contributed by atoms with van der Waals surface area (Å²) >= 11 is 0. The third-order valence-electron chi connectivity index (χ3n) is 4.33. The number of anilines is 1. The normalized spacial score (nSPS) is 21.6. The van der Waals surface area contributed by atoms with Crippen molar-refractivity contribution in [1.82, 2.24) is 5.32 Å². The van der Waals surface area contributed by atoms with Gasteiger partial charge in [0.05, 0.1) is 5.69 Å². The molecular weight excluding hydrogens is 251 g/mol. The summed E-state index contributed by atoms with van der Waals surface area (Å²) < 4.78 is 14.4. The van der Waals surface area contributed by atoms with Gasteiger partial charge in [-0.1, -0.05) is 26.0 Å². The molecule has 112 valence electrons. The van der Waals surface area contributed by atoms with Gasteiger partial charge >= 0.3 is 0 Å². The molecule has 2 rings (SSSR count). The van der Waals surface area contributed by atoms with E-state index in [1.54, 1.807) is 6.07 Å². The van der Waals surface area contributed by atoms with Crippen LogP contribution in [0.5, 0.6) is 0 Å². The molecule has 3 heteroatoms. The lowest BCUT2D eigenvalue weighted by atomic mass is 10.0. The molecule has 1 aliphatic rings. The maximum absolute atomic E-state index is 14.4. The topological polar surface area (TPSA) is 15.3 Å². The van der Waals surface area contributed by atoms with Gasteiger partial charge in [0.25, 0.3) is 0 Å². The molecular formula is C17H27FN2. The minimum absolute atomic E-state index is 0.0817. The van der Waals surface area contributed by atoms with Crippen molar-refractivity contribution in [3.8, 4) is 0 Å². The molecule has 1 heterocycles. The lowest BCUT2D eigenvalue weighted by Gasteiger charge is -2.28. The van der Waals surface area contributed by atoms with Crippen LogP contribution in [0.3, 0.4) is 0 Å². The van der Waals surface area contributed by atoms with E-state index >= 15 is 0 Å². The van der Waals surface area contributed by atoms with E-state index < -0.39 is 0 Å². The van der Waals surface area contributed by atoms with Gasteiger partial charge in [-0.2, -0.15) is 0 Å². The minimum Gasteiger partial charge on any atom is -0.369 e. The Labute approximate surface area is 122 Å². The van der Waals surface area contributed by atoms with Crippen LogP contribution in [0, 0.1) is 11.7 Å². The van der Waals surface area contributed by atoms with Crippen LogP contribution in [-0.4, -0.2) is 19.6 Å². The van der Waals surface area contributed by atoms with Gasteiger partial charge in [-0.25, -0.2) is 4.39 Å². The maximum Gasteiger partial charge on any atom is 0.146 e. The largest absolute Gasteiger partial charge is 0.369 e. The molecule has 2 atom stereocenters. The Morgan fingerprint density at radius 3 is 2.90 bits per heavy atom. The molecule has 1 aromatic carbocycles. The number of nitrogens with zero attached hydrogens (tertiary/aromatic N) is 1. The molecule has 1 fully saturated rings. The Morgan fingerprint density at radius 1 is 1.35 bits per heavy atom. The summed E-state index contributed by atoms with van der Waals surface area (Å²) in [6.45, 7) is 9.33. The molecule has 0 saturated carbocycles. The summed E-state index contributed by atoms with van der Waals surface area (Å²) in [5, 5.41) is 3.40. The summed E-state index contributed by atoms with van der Waals surface area (Å²) in [6, 6.07) is 5.65. The summed E-state index contributed by atoms with van der Waals surface area (Å²) in [5.74, 6) is 0.670. The quantitative estimate of drug-likeness (QED) is 0.891. The Morgan fingerprint density at radius 2 is 2.15 bits per heavy atom. The van der Waals surface area contributed by atoms with E-state index in [0.717, 1.165) is 49.6 Å². The number of para-hydroxylation sites is 1. The summed E-state index contributed by atoms with van der Waals surface area (Å²) in [6.07, 6.45) is 3.57. The van der Waals surface area contributed by atoms with E-state index in [1.807, 2.05) is 6.07 Å². The molecule has 1 saturated heterocycles. The second-order valence-corrected chi connectivity index (χ2v) is 5.98. The van der Waals surface area contributed by atoms with Gasteiger partial charge in [-0.05, 0) is 50.3 Å². The van der Waals surface area contributed by atoms with Gasteiger partial charge in [0.1, 0.15) is 5.82 Å². The van der Waals surface area contributed by atoms with Crippen molar-refractivity contribution in [3.05, 3.63) is 29.6 Å². The number of benzene rings is 1. The lowest BCUT2D eigenvalue weighted by Crippen LogP contribution is -2.28. The third-order valence-corrected chi connectivity index (χ3v) is 4.33. The first-order valence-corrected chi connectivity index (χ1v) is 7.90. The fourth-order valence-corrected chi connectivity index (χ4v) is 3.12. The SMILES string of the molecule is CCNC(C)c1cccc(F)c1N1CCCC(C)CC1. The van der Waals surface area contributed by atoms with Gasteiger partial charge in [-0.15, -0.1) is 0 Å². The molecule has 20 heavy (non-hydrogen) atoms. The fourth-order valence-electron chi connectivity index (χ4n) is 3.12. The van der Waals surface area contributed by atoms with E-state index in [4.69, 9.17) is 0 Å². The van der Waals surface area contributed by atoms with Crippen LogP contribution < -0.4 is 10.2 Å². The predicted molar refractivity (Wildman–Crippen MR) is 83.7 cm³/mol. The second kappa shape index (κ2) is 7.07. The zero-order valence-electron chi connectivity index (χ0n) is 13.0. The number of rotatable bonds is 4. The minimum atomic E-state index is -0.0817. The zero-order valence-corrected chi connectivity index (χ0v) is 13.0. The summed E-state index contributed by atoms with van der Waals surface area (Å²) in [4.78, 5) is 2.25. The van der Waals surface area contributed by atoms with Gasteiger partial charge in [-0.3, -0.25) is 0 Å². The van der Waals surface area contributed by atoms with E-state index in [9.17, 15) is 4.39 Å². The highest BCUT2D eigenvalue weighted by atomic mass is 19.1. The van der Waals surface area contributed by atoms with Crippen LogP contribution in [-0.2, 0) is 0 Å². The van der Waals surface area contributed by atoms with Crippen molar-refractivity contribution < 1.29 is 4.39 Å². The molecule has 2 nitrogen and oxygen atoms in total. The van der Waals surface area contributed by atoms with Crippen LogP contribution >= 0.6 is 0 Å². The zero-order chi connectivity index (χ0) is 14.5. The van der Waals surface area contributed by atoms with Crippen LogP contribution in [0.15, 0.2) is 18.2 Å². The molecule has 0 spiro atoms. The number of hydrogen-bond acceptors (Lipinski definition) is 2. The molecule has 0 aliphatic carbocycles. The molecule has 0 radical (unpaired) electrons. The van der Waals surface area contributed by atoms with Gasteiger partial charge in [0.15, 0.2) is 0 Å². The standard InChI is InChI=1S/C17H27FN2/c1-4-19-14(3)15-8-5-9-16(18)17(15)20-11-6-7-13(2)10-12-20/h5,8-9,13-14,19H,4,6-7,10-12H2,1-3H3. The highest BCUT2D eigenvalue weighted by Gasteiger charge is 2.21. The number of nitrogens with one attached hydrogen (secondary N) is 1. The molecule has 2 unspecified atom stereocenters. The van der Waals surface area contributed by atoms with Crippen LogP contribution in [0.1, 0.15) is 51.6 Å². The first kappa shape index (κ1) is 15.3. The van der Waals surface area contributed by atoms with Crippen molar-refractivity contribution in [1.29, 1.82) is 0 Å². The van der Waals surface area contributed by atoms with Crippen LogP contribution in [0.4, 0.5) is 10.1 Å². The molecule has 1 aromatic rings. The second-order valence-electron chi connectivity index (χ2n) is 5.98. The van der Waals surface area contributed by atoms with Gasteiger partial charge < -0.3 is 10.2 Å². The van der Waals surface area contributed by atoms with Crippen molar-refractivity contribution in [2.24, 2.45) is 5.92 Å². The highest BCUT2D eigenvalue weighted by molar-refractivity contribution is 5.56. The Bertz CT molecular complexity index is 433. The summed E-state index contributed by atoms with van der Waals surface area (Å²) in [5.41, 5.74) is 1.90. The Hall–Kier alpha value is -1.09.